The predicted octanol–water partition coefficient (Wildman–Crippen LogP) is 5.96. The molecular formula is C27H39NO4. The van der Waals surface area contributed by atoms with E-state index < -0.39 is 0 Å². The van der Waals surface area contributed by atoms with Crippen LogP contribution in [-0.4, -0.2) is 34.0 Å². The van der Waals surface area contributed by atoms with Crippen molar-refractivity contribution in [2.75, 3.05) is 34.0 Å². The Balaban J connectivity index is 0.00000176. The van der Waals surface area contributed by atoms with E-state index in [4.69, 9.17) is 18.9 Å². The molecule has 0 fully saturated rings. The summed E-state index contributed by atoms with van der Waals surface area (Å²) in [4.78, 5) is 0. The number of fused-ring (bicyclic) bond motifs is 1. The average Bonchev–Trinajstić information content (AvgIpc) is 2.84. The fourth-order valence-corrected chi connectivity index (χ4v) is 4.22. The fourth-order valence-electron chi connectivity index (χ4n) is 4.22. The van der Waals surface area contributed by atoms with E-state index in [1.54, 1.807) is 20.3 Å². The summed E-state index contributed by atoms with van der Waals surface area (Å²) in [5, 5.41) is 3.66. The van der Waals surface area contributed by atoms with Crippen LogP contribution < -0.4 is 19.5 Å². The van der Waals surface area contributed by atoms with Crippen molar-refractivity contribution < 1.29 is 18.9 Å². The number of hydrogen-bond donors (Lipinski definition) is 1. The summed E-state index contributed by atoms with van der Waals surface area (Å²) < 4.78 is 23.9. The van der Waals surface area contributed by atoms with Crippen LogP contribution in [0.15, 0.2) is 43.0 Å². The van der Waals surface area contributed by atoms with Gasteiger partial charge in [0.05, 0.1) is 33.5 Å². The smallest absolute Gasteiger partial charge is 0.167 e. The number of hydrogen-bond acceptors (Lipinski definition) is 5. The maximum atomic E-state index is 6.16. The first-order valence-electron chi connectivity index (χ1n) is 11.5. The van der Waals surface area contributed by atoms with E-state index in [0.29, 0.717) is 31.5 Å². The van der Waals surface area contributed by atoms with Gasteiger partial charge in [-0.1, -0.05) is 63.8 Å². The predicted molar refractivity (Wildman–Crippen MR) is 131 cm³/mol. The number of rotatable bonds is 10. The van der Waals surface area contributed by atoms with Gasteiger partial charge >= 0.3 is 0 Å². The van der Waals surface area contributed by atoms with Gasteiger partial charge < -0.3 is 24.3 Å². The zero-order valence-electron chi connectivity index (χ0n) is 20.5. The summed E-state index contributed by atoms with van der Waals surface area (Å²) in [6.07, 6.45) is 2.77. The van der Waals surface area contributed by atoms with Crippen molar-refractivity contribution in [3.63, 3.8) is 0 Å². The number of nitrogens with one attached hydrogen (secondary N) is 1. The Morgan fingerprint density at radius 2 is 1.72 bits per heavy atom. The van der Waals surface area contributed by atoms with Crippen LogP contribution >= 0.6 is 0 Å². The Morgan fingerprint density at radius 3 is 2.31 bits per heavy atom. The topological polar surface area (TPSA) is 49.0 Å². The summed E-state index contributed by atoms with van der Waals surface area (Å²) in [6.45, 7) is 14.4. The van der Waals surface area contributed by atoms with Gasteiger partial charge in [-0.15, -0.1) is 0 Å². The molecule has 1 unspecified atom stereocenters. The second-order valence-electron chi connectivity index (χ2n) is 7.51. The number of benzene rings is 2. The third-order valence-electron chi connectivity index (χ3n) is 5.68. The molecule has 0 aliphatic carbocycles. The molecule has 1 aliphatic heterocycles. The van der Waals surface area contributed by atoms with Gasteiger partial charge in [-0.25, -0.2) is 0 Å². The minimum atomic E-state index is -0.0120. The zero-order chi connectivity index (χ0) is 23.5. The molecule has 0 radical (unpaired) electrons. The van der Waals surface area contributed by atoms with Gasteiger partial charge in [-0.2, -0.15) is 0 Å². The molecule has 0 aromatic heterocycles. The van der Waals surface area contributed by atoms with E-state index in [1.807, 2.05) is 39.0 Å². The molecule has 1 heterocycles. The lowest BCUT2D eigenvalue weighted by Gasteiger charge is -2.36. The highest BCUT2D eigenvalue weighted by Crippen LogP contribution is 2.51. The minimum Gasteiger partial charge on any atom is -0.492 e. The largest absolute Gasteiger partial charge is 0.492 e. The second kappa shape index (κ2) is 13.1. The Hall–Kier alpha value is -2.50. The lowest BCUT2D eigenvalue weighted by Crippen LogP contribution is -2.36. The molecule has 0 saturated carbocycles. The molecule has 2 atom stereocenters. The molecule has 5 nitrogen and oxygen atoms in total. The fraction of sp³-hybridized carbons (Fsp3) is 0.481. The van der Waals surface area contributed by atoms with Crippen LogP contribution in [0, 0.1) is 6.92 Å². The van der Waals surface area contributed by atoms with Crippen molar-refractivity contribution in [1.82, 2.24) is 5.32 Å². The number of ether oxygens (including phenoxy) is 4. The maximum absolute atomic E-state index is 6.16. The first kappa shape index (κ1) is 25.8. The standard InChI is InChI=1S/C25H33NO4.C2H6/c1-6-13-30-23-17(3)24(27-4)25(28-5)22-20(26-14-19(7-2)21(22)23)16-29-15-18-11-9-8-10-12-18;1-2/h6,8-12,19-20,26H,1,7,13-16H2,2-5H3;1-2H3/t19?,20-;/m0./s1. The molecule has 1 aliphatic rings. The summed E-state index contributed by atoms with van der Waals surface area (Å²) in [5.74, 6) is 2.67. The van der Waals surface area contributed by atoms with Crippen LogP contribution in [0.5, 0.6) is 17.2 Å². The van der Waals surface area contributed by atoms with E-state index in [0.717, 1.165) is 41.2 Å². The Bertz CT molecular complexity index is 851. The van der Waals surface area contributed by atoms with E-state index >= 15 is 0 Å². The van der Waals surface area contributed by atoms with Gasteiger partial charge in [0.15, 0.2) is 11.5 Å². The summed E-state index contributed by atoms with van der Waals surface area (Å²) in [7, 11) is 3.36. The van der Waals surface area contributed by atoms with E-state index in [1.165, 1.54) is 5.56 Å². The molecule has 2 aromatic carbocycles. The monoisotopic (exact) mass is 441 g/mol. The van der Waals surface area contributed by atoms with Crippen LogP contribution in [0.3, 0.4) is 0 Å². The van der Waals surface area contributed by atoms with E-state index in [2.05, 4.69) is 31.0 Å². The van der Waals surface area contributed by atoms with Crippen LogP contribution in [-0.2, 0) is 11.3 Å². The molecule has 1 N–H and O–H groups in total. The van der Waals surface area contributed by atoms with Gasteiger partial charge in [0.2, 0.25) is 0 Å². The minimum absolute atomic E-state index is 0.0120. The van der Waals surface area contributed by atoms with Crippen molar-refractivity contribution in [3.05, 3.63) is 65.2 Å². The summed E-state index contributed by atoms with van der Waals surface area (Å²) in [6, 6.07) is 10.2. The quantitative estimate of drug-likeness (QED) is 0.461. The highest BCUT2D eigenvalue weighted by molar-refractivity contribution is 5.65. The van der Waals surface area contributed by atoms with Crippen molar-refractivity contribution in [1.29, 1.82) is 0 Å². The highest BCUT2D eigenvalue weighted by atomic mass is 16.5. The normalized spacial score (nSPS) is 16.9. The van der Waals surface area contributed by atoms with Crippen LogP contribution in [0.25, 0.3) is 0 Å². The molecule has 0 saturated heterocycles. The summed E-state index contributed by atoms with van der Waals surface area (Å²) >= 11 is 0. The Morgan fingerprint density at radius 1 is 1.03 bits per heavy atom. The van der Waals surface area contributed by atoms with Gasteiger partial charge in [0.25, 0.3) is 0 Å². The zero-order valence-corrected chi connectivity index (χ0v) is 20.5. The van der Waals surface area contributed by atoms with Crippen molar-refractivity contribution in [2.24, 2.45) is 0 Å². The van der Waals surface area contributed by atoms with Gasteiger partial charge in [-0.3, -0.25) is 0 Å². The molecule has 0 spiro atoms. The SMILES string of the molecule is C=CCOc1c(C)c(OC)c(OC)c2c1C(CC)CN[C@H]2COCc1ccccc1.CC. The summed E-state index contributed by atoms with van der Waals surface area (Å²) in [5.41, 5.74) is 4.38. The molecule has 0 amide bonds. The first-order valence-corrected chi connectivity index (χ1v) is 11.5. The van der Waals surface area contributed by atoms with Crippen molar-refractivity contribution in [3.8, 4) is 17.2 Å². The molecule has 5 heteroatoms. The third kappa shape index (κ3) is 5.64. The third-order valence-corrected chi connectivity index (χ3v) is 5.68. The number of methoxy groups -OCH3 is 2. The lowest BCUT2D eigenvalue weighted by atomic mass is 9.82. The van der Waals surface area contributed by atoms with Crippen LogP contribution in [0.4, 0.5) is 0 Å². The van der Waals surface area contributed by atoms with Crippen LogP contribution in [0.1, 0.15) is 61.4 Å². The highest BCUT2D eigenvalue weighted by Gasteiger charge is 2.36. The van der Waals surface area contributed by atoms with Gasteiger partial charge in [0.1, 0.15) is 12.4 Å². The van der Waals surface area contributed by atoms with Gasteiger partial charge in [-0.05, 0) is 18.9 Å². The molecule has 2 aromatic rings. The first-order chi connectivity index (χ1) is 15.7. The maximum Gasteiger partial charge on any atom is 0.167 e. The molecule has 32 heavy (non-hydrogen) atoms. The molecule has 0 bridgehead atoms. The van der Waals surface area contributed by atoms with E-state index in [9.17, 15) is 0 Å². The van der Waals surface area contributed by atoms with Crippen molar-refractivity contribution in [2.45, 2.75) is 52.7 Å². The lowest BCUT2D eigenvalue weighted by molar-refractivity contribution is 0.0943. The Kier molecular flexibility index (Phi) is 10.6. The van der Waals surface area contributed by atoms with Crippen LogP contribution in [0.2, 0.25) is 0 Å². The van der Waals surface area contributed by atoms with Crippen molar-refractivity contribution >= 4 is 0 Å². The second-order valence-corrected chi connectivity index (χ2v) is 7.51. The van der Waals surface area contributed by atoms with Gasteiger partial charge in [0, 0.05) is 29.2 Å². The molecule has 3 rings (SSSR count). The Labute approximate surface area is 193 Å². The molecular weight excluding hydrogens is 402 g/mol. The molecule has 176 valence electrons. The van der Waals surface area contributed by atoms with E-state index in [-0.39, 0.29) is 6.04 Å². The average molecular weight is 442 g/mol.